The number of halogens is 5. The van der Waals surface area contributed by atoms with Gasteiger partial charge in [-0.05, 0) is 17.7 Å². The van der Waals surface area contributed by atoms with Crippen molar-refractivity contribution in [2.75, 3.05) is 0 Å². The van der Waals surface area contributed by atoms with Crippen molar-refractivity contribution in [3.8, 4) is 11.1 Å². The third-order valence-electron chi connectivity index (χ3n) is 3.33. The zero-order valence-electron chi connectivity index (χ0n) is 11.2. The van der Waals surface area contributed by atoms with Crippen molar-refractivity contribution in [3.63, 3.8) is 0 Å². The first kappa shape index (κ1) is 15.8. The highest BCUT2D eigenvalue weighted by Crippen LogP contribution is 2.35. The highest BCUT2D eigenvalue weighted by atomic mass is 35.5. The van der Waals surface area contributed by atoms with Gasteiger partial charge in [-0.2, -0.15) is 0 Å². The van der Waals surface area contributed by atoms with E-state index in [0.29, 0.717) is 11.5 Å². The summed E-state index contributed by atoms with van der Waals surface area (Å²) in [6, 6.07) is 5.82. The second-order valence-electron chi connectivity index (χ2n) is 4.71. The molecule has 0 bridgehead atoms. The molecule has 1 aromatic heterocycles. The monoisotopic (exact) mass is 355 g/mol. The van der Waals surface area contributed by atoms with Crippen molar-refractivity contribution in [2.45, 2.75) is 0 Å². The average molecular weight is 356 g/mol. The predicted molar refractivity (Wildman–Crippen MR) is 82.2 cm³/mol. The molecular formula is C16H6Cl2F3NO. The van der Waals surface area contributed by atoms with E-state index in [1.807, 2.05) is 0 Å². The standard InChI is InChI=1S/C16H6Cl2F3NO/c17-13-9-3-1-2-8(15(9)22-6-11(13)16(18)23)10-4-7(19)5-12(20)14(10)21/h1-6H. The van der Waals surface area contributed by atoms with Crippen LogP contribution in [-0.4, -0.2) is 10.2 Å². The van der Waals surface area contributed by atoms with Crippen LogP contribution in [-0.2, 0) is 0 Å². The number of nitrogens with zero attached hydrogens (tertiary/aromatic N) is 1. The summed E-state index contributed by atoms with van der Waals surface area (Å²) >= 11 is 11.5. The van der Waals surface area contributed by atoms with Gasteiger partial charge in [-0.25, -0.2) is 13.2 Å². The molecule has 1 heterocycles. The molecule has 0 spiro atoms. The molecule has 23 heavy (non-hydrogen) atoms. The number of hydrogen-bond donors (Lipinski definition) is 0. The molecule has 0 aliphatic heterocycles. The number of pyridine rings is 1. The number of aromatic nitrogens is 1. The van der Waals surface area contributed by atoms with Gasteiger partial charge in [-0.1, -0.05) is 29.8 Å². The minimum atomic E-state index is -1.31. The summed E-state index contributed by atoms with van der Waals surface area (Å²) in [4.78, 5) is 15.3. The van der Waals surface area contributed by atoms with Gasteiger partial charge < -0.3 is 0 Å². The summed E-state index contributed by atoms with van der Waals surface area (Å²) in [5.74, 6) is -3.43. The highest BCUT2D eigenvalue weighted by Gasteiger charge is 2.18. The highest BCUT2D eigenvalue weighted by molar-refractivity contribution is 6.69. The van der Waals surface area contributed by atoms with Crippen LogP contribution in [0, 0.1) is 17.5 Å². The maximum absolute atomic E-state index is 14.0. The van der Waals surface area contributed by atoms with Gasteiger partial charge in [0.25, 0.3) is 5.24 Å². The minimum Gasteiger partial charge on any atom is -0.275 e. The summed E-state index contributed by atoms with van der Waals surface area (Å²) in [5.41, 5.74) is 0.0439. The molecular weight excluding hydrogens is 350 g/mol. The Kier molecular flexibility index (Phi) is 4.00. The molecule has 0 aliphatic carbocycles. The molecule has 0 radical (unpaired) electrons. The number of benzene rings is 2. The Labute approximate surface area is 138 Å². The fraction of sp³-hybridized carbons (Fsp3) is 0. The van der Waals surface area contributed by atoms with Gasteiger partial charge in [-0.15, -0.1) is 0 Å². The Morgan fingerprint density at radius 3 is 2.52 bits per heavy atom. The van der Waals surface area contributed by atoms with Crippen molar-refractivity contribution < 1.29 is 18.0 Å². The van der Waals surface area contributed by atoms with E-state index in [1.54, 1.807) is 6.07 Å². The van der Waals surface area contributed by atoms with Gasteiger partial charge in [0.05, 0.1) is 16.1 Å². The van der Waals surface area contributed by atoms with E-state index >= 15 is 0 Å². The smallest absolute Gasteiger partial charge is 0.255 e. The zero-order valence-corrected chi connectivity index (χ0v) is 12.7. The second kappa shape index (κ2) is 5.83. The Morgan fingerprint density at radius 1 is 1.09 bits per heavy atom. The summed E-state index contributed by atoms with van der Waals surface area (Å²) in [6.45, 7) is 0. The number of rotatable bonds is 2. The first-order valence-corrected chi connectivity index (χ1v) is 7.07. The maximum atomic E-state index is 14.0. The van der Waals surface area contributed by atoms with Crippen molar-refractivity contribution in [1.29, 1.82) is 0 Å². The molecule has 0 saturated carbocycles. The number of carbonyl (C=O) groups is 1. The van der Waals surface area contributed by atoms with Crippen LogP contribution in [0.2, 0.25) is 5.02 Å². The Morgan fingerprint density at radius 2 is 1.83 bits per heavy atom. The van der Waals surface area contributed by atoms with Crippen LogP contribution in [0.25, 0.3) is 22.0 Å². The molecule has 0 saturated heterocycles. The Balaban J connectivity index is 2.37. The lowest BCUT2D eigenvalue weighted by atomic mass is 10.0. The molecule has 116 valence electrons. The van der Waals surface area contributed by atoms with Crippen molar-refractivity contribution >= 4 is 39.3 Å². The van der Waals surface area contributed by atoms with E-state index < -0.39 is 22.7 Å². The topological polar surface area (TPSA) is 30.0 Å². The number of carbonyl (C=O) groups excluding carboxylic acids is 1. The predicted octanol–water partition coefficient (Wildman–Crippen LogP) is 5.35. The van der Waals surface area contributed by atoms with E-state index in [2.05, 4.69) is 4.98 Å². The molecule has 2 aromatic carbocycles. The molecule has 0 fully saturated rings. The number of para-hydroxylation sites is 1. The molecule has 2 nitrogen and oxygen atoms in total. The van der Waals surface area contributed by atoms with Crippen LogP contribution >= 0.6 is 23.2 Å². The molecule has 0 amide bonds. The molecule has 3 rings (SSSR count). The van der Waals surface area contributed by atoms with Crippen LogP contribution in [0.15, 0.2) is 36.5 Å². The lowest BCUT2D eigenvalue weighted by Gasteiger charge is -2.10. The number of fused-ring (bicyclic) bond motifs is 1. The third-order valence-corrected chi connectivity index (χ3v) is 3.94. The van der Waals surface area contributed by atoms with Gasteiger partial charge in [0, 0.05) is 28.8 Å². The average Bonchev–Trinajstić information content (AvgIpc) is 2.50. The van der Waals surface area contributed by atoms with Crippen LogP contribution in [0.5, 0.6) is 0 Å². The summed E-state index contributed by atoms with van der Waals surface area (Å²) in [7, 11) is 0. The molecule has 0 N–H and O–H groups in total. The lowest BCUT2D eigenvalue weighted by molar-refractivity contribution is 0.108. The summed E-state index contributed by atoms with van der Waals surface area (Å²) < 4.78 is 40.9. The first-order valence-electron chi connectivity index (χ1n) is 6.32. The van der Waals surface area contributed by atoms with Gasteiger partial charge in [0.1, 0.15) is 5.82 Å². The SMILES string of the molecule is O=C(Cl)c1cnc2c(-c3cc(F)cc(F)c3F)cccc2c1Cl. The van der Waals surface area contributed by atoms with Crippen molar-refractivity contribution in [3.05, 3.63) is 64.6 Å². The van der Waals surface area contributed by atoms with Gasteiger partial charge in [-0.3, -0.25) is 9.78 Å². The third kappa shape index (κ3) is 2.66. The van der Waals surface area contributed by atoms with Crippen LogP contribution < -0.4 is 0 Å². The first-order chi connectivity index (χ1) is 10.9. The normalized spacial score (nSPS) is 11.0. The number of hydrogen-bond acceptors (Lipinski definition) is 2. The molecule has 0 aliphatic rings. The van der Waals surface area contributed by atoms with Crippen LogP contribution in [0.3, 0.4) is 0 Å². The van der Waals surface area contributed by atoms with E-state index in [0.717, 1.165) is 12.3 Å². The molecule has 7 heteroatoms. The Bertz CT molecular complexity index is 960. The zero-order chi connectivity index (χ0) is 16.7. The van der Waals surface area contributed by atoms with Crippen LogP contribution in [0.1, 0.15) is 10.4 Å². The van der Waals surface area contributed by atoms with Crippen molar-refractivity contribution in [2.24, 2.45) is 0 Å². The van der Waals surface area contributed by atoms with E-state index in [9.17, 15) is 18.0 Å². The fourth-order valence-electron chi connectivity index (χ4n) is 2.30. The van der Waals surface area contributed by atoms with Gasteiger partial charge in [0.2, 0.25) is 0 Å². The fourth-order valence-corrected chi connectivity index (χ4v) is 2.78. The van der Waals surface area contributed by atoms with E-state index in [4.69, 9.17) is 23.2 Å². The van der Waals surface area contributed by atoms with Crippen LogP contribution in [0.4, 0.5) is 13.2 Å². The second-order valence-corrected chi connectivity index (χ2v) is 5.43. The van der Waals surface area contributed by atoms with Gasteiger partial charge >= 0.3 is 0 Å². The minimum absolute atomic E-state index is 0.0103. The summed E-state index contributed by atoms with van der Waals surface area (Å²) in [6.07, 6.45) is 1.14. The van der Waals surface area contributed by atoms with E-state index in [1.165, 1.54) is 12.1 Å². The quantitative estimate of drug-likeness (QED) is 0.458. The van der Waals surface area contributed by atoms with Crippen molar-refractivity contribution in [1.82, 2.24) is 4.98 Å². The molecule has 0 atom stereocenters. The molecule has 0 unspecified atom stereocenters. The Hall–Kier alpha value is -2.11. The molecule has 3 aromatic rings. The van der Waals surface area contributed by atoms with E-state index in [-0.39, 0.29) is 27.2 Å². The van der Waals surface area contributed by atoms with Gasteiger partial charge in [0.15, 0.2) is 11.6 Å². The lowest BCUT2D eigenvalue weighted by Crippen LogP contribution is -1.97. The summed E-state index contributed by atoms with van der Waals surface area (Å²) in [5, 5.41) is -0.438. The maximum Gasteiger partial charge on any atom is 0.255 e. The largest absolute Gasteiger partial charge is 0.275 e.